The van der Waals surface area contributed by atoms with Crippen LogP contribution in [0.4, 0.5) is 18.9 Å². The van der Waals surface area contributed by atoms with Gasteiger partial charge in [0, 0.05) is 11.0 Å². The molecule has 0 unspecified atom stereocenters. The van der Waals surface area contributed by atoms with Crippen LogP contribution in [0.2, 0.25) is 0 Å². The van der Waals surface area contributed by atoms with Gasteiger partial charge >= 0.3 is 11.5 Å². The van der Waals surface area contributed by atoms with Crippen LogP contribution < -0.4 is 0 Å². The Hall–Kier alpha value is -2.28. The van der Waals surface area contributed by atoms with Crippen molar-refractivity contribution in [3.8, 4) is 6.07 Å². The number of halogens is 3. The number of hydrogen-bond acceptors (Lipinski definition) is 6. The molecule has 0 aliphatic heterocycles. The second kappa shape index (κ2) is 5.79. The number of nitro benzene ring substituents is 1. The lowest BCUT2D eigenvalue weighted by Gasteiger charge is -2.10. The minimum absolute atomic E-state index is 0.575. The molecule has 0 atom stereocenters. The van der Waals surface area contributed by atoms with Crippen LogP contribution in [0.15, 0.2) is 17.0 Å². The number of rotatable bonds is 3. The average Bonchev–Trinajstić information content (AvgIpc) is 2.35. The summed E-state index contributed by atoms with van der Waals surface area (Å²) in [6.07, 6.45) is 0. The Balaban J connectivity index is 3.52. The van der Waals surface area contributed by atoms with Crippen molar-refractivity contribution in [2.45, 2.75) is 10.4 Å². The SMILES string of the molecule is COC(=O)c1cc([N+](=O)[O-])c(C#N)cc1SC(F)(F)F. The smallest absolute Gasteiger partial charge is 0.446 e. The highest BCUT2D eigenvalue weighted by Gasteiger charge is 2.33. The van der Waals surface area contributed by atoms with Gasteiger partial charge in [-0.25, -0.2) is 4.79 Å². The third kappa shape index (κ3) is 3.61. The molecular formula is C10H5F3N2O4S. The van der Waals surface area contributed by atoms with Crippen LogP contribution in [0.5, 0.6) is 0 Å². The number of nitrogens with zero attached hydrogens (tertiary/aromatic N) is 2. The fourth-order valence-electron chi connectivity index (χ4n) is 1.29. The van der Waals surface area contributed by atoms with Crippen LogP contribution >= 0.6 is 11.8 Å². The van der Waals surface area contributed by atoms with Crippen LogP contribution in [0, 0.1) is 21.4 Å². The third-order valence-electron chi connectivity index (χ3n) is 2.05. The fraction of sp³-hybridized carbons (Fsp3) is 0.200. The normalized spacial score (nSPS) is 10.8. The molecule has 10 heteroatoms. The molecule has 0 aromatic heterocycles. The number of carbonyl (C=O) groups excluding carboxylic acids is 1. The highest BCUT2D eigenvalue weighted by Crippen LogP contribution is 2.40. The molecule has 0 fully saturated rings. The predicted molar refractivity (Wildman–Crippen MR) is 61.1 cm³/mol. The summed E-state index contributed by atoms with van der Waals surface area (Å²) in [4.78, 5) is 20.5. The van der Waals surface area contributed by atoms with Gasteiger partial charge in [-0.1, -0.05) is 0 Å². The topological polar surface area (TPSA) is 93.2 Å². The van der Waals surface area contributed by atoms with Gasteiger partial charge in [-0.05, 0) is 17.8 Å². The quantitative estimate of drug-likeness (QED) is 0.369. The van der Waals surface area contributed by atoms with Crippen LogP contribution in [-0.2, 0) is 4.74 Å². The van der Waals surface area contributed by atoms with E-state index in [-0.39, 0.29) is 0 Å². The Kier molecular flexibility index (Phi) is 4.57. The molecule has 6 nitrogen and oxygen atoms in total. The minimum Gasteiger partial charge on any atom is -0.465 e. The van der Waals surface area contributed by atoms with E-state index >= 15 is 0 Å². The van der Waals surface area contributed by atoms with Crippen LogP contribution in [0.1, 0.15) is 15.9 Å². The molecule has 0 heterocycles. The number of hydrogen-bond donors (Lipinski definition) is 0. The van der Waals surface area contributed by atoms with Gasteiger partial charge in [0.15, 0.2) is 0 Å². The monoisotopic (exact) mass is 306 g/mol. The molecule has 0 saturated heterocycles. The highest BCUT2D eigenvalue weighted by molar-refractivity contribution is 8.00. The van der Waals surface area contributed by atoms with Crippen molar-refractivity contribution in [2.75, 3.05) is 7.11 Å². The molecule has 1 rings (SSSR count). The Morgan fingerprint density at radius 3 is 2.50 bits per heavy atom. The second-order valence-corrected chi connectivity index (χ2v) is 4.38. The van der Waals surface area contributed by atoms with Gasteiger partial charge in [0.2, 0.25) is 0 Å². The van der Waals surface area contributed by atoms with Gasteiger partial charge in [-0.15, -0.1) is 0 Å². The Bertz CT molecular complexity index is 610. The summed E-state index contributed by atoms with van der Waals surface area (Å²) >= 11 is -0.654. The predicted octanol–water partition coefficient (Wildman–Crippen LogP) is 2.86. The number of benzene rings is 1. The van der Waals surface area contributed by atoms with E-state index in [1.807, 2.05) is 0 Å². The summed E-state index contributed by atoms with van der Waals surface area (Å²) in [6.45, 7) is 0. The van der Waals surface area contributed by atoms with Crippen LogP contribution in [0.25, 0.3) is 0 Å². The molecule has 20 heavy (non-hydrogen) atoms. The first-order valence-electron chi connectivity index (χ1n) is 4.76. The van der Waals surface area contributed by atoms with E-state index in [1.54, 1.807) is 0 Å². The van der Waals surface area contributed by atoms with Gasteiger partial charge in [-0.2, -0.15) is 18.4 Å². The van der Waals surface area contributed by atoms with Gasteiger partial charge in [-0.3, -0.25) is 10.1 Å². The number of esters is 1. The molecule has 0 bridgehead atoms. The fourth-order valence-corrected chi connectivity index (χ4v) is 1.97. The lowest BCUT2D eigenvalue weighted by molar-refractivity contribution is -0.385. The van der Waals surface area contributed by atoms with Crippen molar-refractivity contribution >= 4 is 23.4 Å². The van der Waals surface area contributed by atoms with Crippen molar-refractivity contribution in [2.24, 2.45) is 0 Å². The third-order valence-corrected chi connectivity index (χ3v) is 2.84. The van der Waals surface area contributed by atoms with E-state index in [9.17, 15) is 28.1 Å². The molecule has 0 aliphatic carbocycles. The molecule has 0 N–H and O–H groups in total. The number of nitro groups is 1. The second-order valence-electron chi connectivity index (χ2n) is 3.27. The summed E-state index contributed by atoms with van der Waals surface area (Å²) in [6, 6.07) is 2.65. The average molecular weight is 306 g/mol. The van der Waals surface area contributed by atoms with E-state index in [0.717, 1.165) is 7.11 Å². The highest BCUT2D eigenvalue weighted by atomic mass is 32.2. The molecule has 0 spiro atoms. The largest absolute Gasteiger partial charge is 0.465 e. The van der Waals surface area contributed by atoms with E-state index in [1.165, 1.54) is 6.07 Å². The first-order chi connectivity index (χ1) is 9.19. The van der Waals surface area contributed by atoms with Crippen molar-refractivity contribution in [3.05, 3.63) is 33.4 Å². The maximum atomic E-state index is 12.4. The van der Waals surface area contributed by atoms with Crippen molar-refractivity contribution in [3.63, 3.8) is 0 Å². The zero-order valence-electron chi connectivity index (χ0n) is 9.72. The molecule has 0 radical (unpaired) electrons. The molecule has 1 aromatic rings. The molecule has 106 valence electrons. The summed E-state index contributed by atoms with van der Waals surface area (Å²) in [5, 5.41) is 19.4. The molecule has 0 saturated carbocycles. The Morgan fingerprint density at radius 2 is 2.10 bits per heavy atom. The van der Waals surface area contributed by atoms with E-state index in [0.29, 0.717) is 12.1 Å². The number of alkyl halides is 3. The molecule has 1 aromatic carbocycles. The Morgan fingerprint density at radius 1 is 1.50 bits per heavy atom. The number of thioether (sulfide) groups is 1. The number of ether oxygens (including phenoxy) is 1. The molecule has 0 aliphatic rings. The van der Waals surface area contributed by atoms with Crippen molar-refractivity contribution < 1.29 is 27.6 Å². The zero-order valence-corrected chi connectivity index (χ0v) is 10.5. The Labute approximate surface area is 114 Å². The molecule has 0 amide bonds. The summed E-state index contributed by atoms with van der Waals surface area (Å²) < 4.78 is 41.4. The van der Waals surface area contributed by atoms with E-state index < -0.39 is 49.9 Å². The molecular weight excluding hydrogens is 301 g/mol. The van der Waals surface area contributed by atoms with Gasteiger partial charge in [0.1, 0.15) is 11.6 Å². The zero-order chi connectivity index (χ0) is 15.5. The van der Waals surface area contributed by atoms with E-state index in [4.69, 9.17) is 5.26 Å². The maximum absolute atomic E-state index is 12.4. The van der Waals surface area contributed by atoms with Crippen LogP contribution in [0.3, 0.4) is 0 Å². The lowest BCUT2D eigenvalue weighted by atomic mass is 10.1. The van der Waals surface area contributed by atoms with Crippen molar-refractivity contribution in [1.82, 2.24) is 0 Å². The first-order valence-corrected chi connectivity index (χ1v) is 5.58. The summed E-state index contributed by atoms with van der Waals surface area (Å²) in [7, 11) is 0.925. The minimum atomic E-state index is -4.72. The summed E-state index contributed by atoms with van der Waals surface area (Å²) in [5.74, 6) is -1.16. The standard InChI is InChI=1S/C10H5F3N2O4S/c1-19-9(16)6-3-7(15(17)18)5(4-14)2-8(6)20-10(11,12)13/h2-3H,1H3. The van der Waals surface area contributed by atoms with Gasteiger partial charge < -0.3 is 4.74 Å². The van der Waals surface area contributed by atoms with E-state index in [2.05, 4.69) is 4.74 Å². The summed E-state index contributed by atoms with van der Waals surface area (Å²) in [5.41, 5.74) is -6.68. The van der Waals surface area contributed by atoms with Crippen molar-refractivity contribution in [1.29, 1.82) is 5.26 Å². The lowest BCUT2D eigenvalue weighted by Crippen LogP contribution is -2.08. The van der Waals surface area contributed by atoms with Gasteiger partial charge in [0.25, 0.3) is 5.69 Å². The number of nitriles is 1. The number of methoxy groups -OCH3 is 1. The number of carbonyl (C=O) groups is 1. The maximum Gasteiger partial charge on any atom is 0.446 e. The van der Waals surface area contributed by atoms with Crippen LogP contribution in [-0.4, -0.2) is 23.5 Å². The first kappa shape index (κ1) is 15.8. The van der Waals surface area contributed by atoms with Gasteiger partial charge in [0.05, 0.1) is 17.6 Å².